The second-order valence-corrected chi connectivity index (χ2v) is 5.01. The van der Waals surface area contributed by atoms with Gasteiger partial charge in [0.1, 0.15) is 11.9 Å². The average Bonchev–Trinajstić information content (AvgIpc) is 2.16. The van der Waals surface area contributed by atoms with Crippen LogP contribution in [0.15, 0.2) is 30.3 Å². The Kier molecular flexibility index (Phi) is 4.24. The Labute approximate surface area is 93.2 Å². The minimum absolute atomic E-state index is 0.495. The minimum atomic E-state index is -4.31. The highest BCUT2D eigenvalue weighted by molar-refractivity contribution is 7.52. The highest BCUT2D eigenvalue weighted by atomic mass is 31.2. The topological polar surface area (TPSA) is 83.8 Å². The van der Waals surface area contributed by atoms with Crippen LogP contribution in [0.3, 0.4) is 0 Å². The van der Waals surface area contributed by atoms with Gasteiger partial charge in [-0.15, -0.1) is 0 Å². The van der Waals surface area contributed by atoms with Gasteiger partial charge in [-0.05, 0) is 19.1 Å². The minimum Gasteiger partial charge on any atom is -0.483 e. The van der Waals surface area contributed by atoms with Gasteiger partial charge in [0, 0.05) is 0 Å². The van der Waals surface area contributed by atoms with Gasteiger partial charge in [-0.25, -0.2) is 0 Å². The van der Waals surface area contributed by atoms with Crippen LogP contribution in [0.1, 0.15) is 6.92 Å². The average molecular weight is 244 g/mol. The Balaban J connectivity index is 2.56. The fourth-order valence-electron chi connectivity index (χ4n) is 1.10. The van der Waals surface area contributed by atoms with Crippen LogP contribution in [0.5, 0.6) is 5.75 Å². The molecule has 0 bridgehead atoms. The van der Waals surface area contributed by atoms with Gasteiger partial charge in [-0.2, -0.15) is 0 Å². The maximum absolute atomic E-state index is 11.3. The second-order valence-electron chi connectivity index (χ2n) is 3.36. The number of Topliss-reactive ketones (excluding diaryl/α,β-unsaturated/α-hetero) is 1. The predicted octanol–water partition coefficient (Wildman–Crippen LogP) is 1.20. The Bertz CT molecular complexity index is 397. The number of ether oxygens (including phenoxy) is 1. The lowest BCUT2D eigenvalue weighted by molar-refractivity contribution is -0.122. The van der Waals surface area contributed by atoms with Crippen molar-refractivity contribution in [3.8, 4) is 5.75 Å². The van der Waals surface area contributed by atoms with Crippen LogP contribution in [0.2, 0.25) is 0 Å². The molecule has 0 saturated carbocycles. The van der Waals surface area contributed by atoms with Gasteiger partial charge in [0.2, 0.25) is 0 Å². The van der Waals surface area contributed by atoms with Gasteiger partial charge in [0.15, 0.2) is 11.9 Å². The molecule has 0 aliphatic heterocycles. The Morgan fingerprint density at radius 3 is 2.44 bits per heavy atom. The highest BCUT2D eigenvalue weighted by Gasteiger charge is 2.24. The molecule has 0 aromatic heterocycles. The summed E-state index contributed by atoms with van der Waals surface area (Å²) >= 11 is 0. The molecule has 16 heavy (non-hydrogen) atoms. The molecule has 0 spiro atoms. The van der Waals surface area contributed by atoms with E-state index in [1.54, 1.807) is 30.3 Å². The van der Waals surface area contributed by atoms with Crippen molar-refractivity contribution in [2.75, 3.05) is 6.16 Å². The van der Waals surface area contributed by atoms with Gasteiger partial charge in [-0.1, -0.05) is 18.2 Å². The monoisotopic (exact) mass is 244 g/mol. The number of hydrogen-bond acceptors (Lipinski definition) is 3. The molecular weight excluding hydrogens is 231 g/mol. The summed E-state index contributed by atoms with van der Waals surface area (Å²) in [6.07, 6.45) is -1.66. The van der Waals surface area contributed by atoms with Crippen molar-refractivity contribution in [1.82, 2.24) is 0 Å². The van der Waals surface area contributed by atoms with E-state index in [9.17, 15) is 9.36 Å². The van der Waals surface area contributed by atoms with E-state index in [0.29, 0.717) is 5.75 Å². The third kappa shape index (κ3) is 4.57. The maximum Gasteiger partial charge on any atom is 0.333 e. The van der Waals surface area contributed by atoms with Crippen LogP contribution in [-0.4, -0.2) is 27.8 Å². The number of hydrogen-bond donors (Lipinski definition) is 2. The molecule has 88 valence electrons. The molecule has 0 saturated heterocycles. The number of carbonyl (C=O) groups excluding carboxylic acids is 1. The summed E-state index contributed by atoms with van der Waals surface area (Å²) in [4.78, 5) is 28.6. The Morgan fingerprint density at radius 1 is 1.38 bits per heavy atom. The van der Waals surface area contributed by atoms with E-state index in [2.05, 4.69) is 0 Å². The van der Waals surface area contributed by atoms with Crippen LogP contribution in [-0.2, 0) is 9.36 Å². The summed E-state index contributed by atoms with van der Waals surface area (Å²) in [7, 11) is -4.31. The largest absolute Gasteiger partial charge is 0.483 e. The molecule has 0 fully saturated rings. The summed E-state index contributed by atoms with van der Waals surface area (Å²) in [5.41, 5.74) is 0. The SMILES string of the molecule is C[C@H](Oc1ccccc1)C(=O)CP(=O)(O)O. The van der Waals surface area contributed by atoms with Gasteiger partial charge < -0.3 is 14.5 Å². The molecule has 1 atom stereocenters. The number of benzene rings is 1. The molecule has 1 aromatic rings. The Morgan fingerprint density at radius 2 is 1.94 bits per heavy atom. The number of ketones is 1. The summed E-state index contributed by atoms with van der Waals surface area (Å²) in [5.74, 6) is -0.119. The van der Waals surface area contributed by atoms with Crippen LogP contribution in [0, 0.1) is 0 Å². The van der Waals surface area contributed by atoms with Gasteiger partial charge >= 0.3 is 7.60 Å². The first-order valence-corrected chi connectivity index (χ1v) is 6.47. The maximum atomic E-state index is 11.3. The molecule has 1 aromatic carbocycles. The van der Waals surface area contributed by atoms with Crippen molar-refractivity contribution >= 4 is 13.4 Å². The van der Waals surface area contributed by atoms with E-state index in [1.807, 2.05) is 0 Å². The molecule has 2 N–H and O–H groups in total. The smallest absolute Gasteiger partial charge is 0.333 e. The quantitative estimate of drug-likeness (QED) is 0.760. The first-order chi connectivity index (χ1) is 7.38. The standard InChI is InChI=1S/C10H13O5P/c1-8(10(11)7-16(12,13)14)15-9-5-3-2-4-6-9/h2-6,8H,7H2,1H3,(H2,12,13,14)/t8-/m0/s1. The van der Waals surface area contributed by atoms with Crippen molar-refractivity contribution in [2.45, 2.75) is 13.0 Å². The molecule has 0 heterocycles. The molecule has 0 radical (unpaired) electrons. The highest BCUT2D eigenvalue weighted by Crippen LogP contribution is 2.34. The van der Waals surface area contributed by atoms with Gasteiger partial charge in [0.05, 0.1) is 0 Å². The molecule has 6 heteroatoms. The molecule has 1 rings (SSSR count). The molecular formula is C10H13O5P. The van der Waals surface area contributed by atoms with Crippen LogP contribution < -0.4 is 4.74 Å². The normalized spacial score (nSPS) is 13.2. The van der Waals surface area contributed by atoms with E-state index in [4.69, 9.17) is 14.5 Å². The first-order valence-electron chi connectivity index (χ1n) is 4.67. The third-order valence-electron chi connectivity index (χ3n) is 1.87. The van der Waals surface area contributed by atoms with Crippen molar-refractivity contribution < 1.29 is 23.9 Å². The Hall–Kier alpha value is -1.16. The lowest BCUT2D eigenvalue weighted by Crippen LogP contribution is -2.26. The molecule has 0 unspecified atom stereocenters. The van der Waals surface area contributed by atoms with E-state index in [-0.39, 0.29) is 0 Å². The lowest BCUT2D eigenvalue weighted by Gasteiger charge is -2.13. The summed E-state index contributed by atoms with van der Waals surface area (Å²) < 4.78 is 15.8. The molecule has 0 aliphatic carbocycles. The van der Waals surface area contributed by atoms with E-state index in [0.717, 1.165) is 0 Å². The first kappa shape index (κ1) is 12.9. The summed E-state index contributed by atoms with van der Waals surface area (Å²) in [5, 5.41) is 0. The van der Waals surface area contributed by atoms with Crippen LogP contribution in [0.25, 0.3) is 0 Å². The van der Waals surface area contributed by atoms with E-state index >= 15 is 0 Å². The van der Waals surface area contributed by atoms with Crippen molar-refractivity contribution in [3.63, 3.8) is 0 Å². The molecule has 5 nitrogen and oxygen atoms in total. The predicted molar refractivity (Wildman–Crippen MR) is 58.5 cm³/mol. The summed E-state index contributed by atoms with van der Waals surface area (Å²) in [6, 6.07) is 8.63. The molecule has 0 aliphatic rings. The van der Waals surface area contributed by atoms with Crippen molar-refractivity contribution in [2.24, 2.45) is 0 Å². The van der Waals surface area contributed by atoms with Crippen molar-refractivity contribution in [1.29, 1.82) is 0 Å². The number of para-hydroxylation sites is 1. The van der Waals surface area contributed by atoms with Crippen LogP contribution in [0.4, 0.5) is 0 Å². The fraction of sp³-hybridized carbons (Fsp3) is 0.300. The van der Waals surface area contributed by atoms with Crippen LogP contribution >= 0.6 is 7.60 Å². The molecule has 0 amide bonds. The lowest BCUT2D eigenvalue weighted by atomic mass is 10.3. The van der Waals surface area contributed by atoms with Gasteiger partial charge in [-0.3, -0.25) is 9.36 Å². The third-order valence-corrected chi connectivity index (χ3v) is 2.59. The fourth-order valence-corrected chi connectivity index (χ4v) is 1.76. The van der Waals surface area contributed by atoms with Gasteiger partial charge in [0.25, 0.3) is 0 Å². The van der Waals surface area contributed by atoms with E-state index in [1.165, 1.54) is 6.92 Å². The zero-order valence-electron chi connectivity index (χ0n) is 8.74. The zero-order valence-corrected chi connectivity index (χ0v) is 9.63. The number of rotatable bonds is 5. The summed E-state index contributed by atoms with van der Waals surface area (Å²) in [6.45, 7) is 1.46. The van der Waals surface area contributed by atoms with Crippen molar-refractivity contribution in [3.05, 3.63) is 30.3 Å². The number of carbonyl (C=O) groups is 1. The van der Waals surface area contributed by atoms with E-state index < -0.39 is 25.6 Å². The second kappa shape index (κ2) is 5.25. The zero-order chi connectivity index (χ0) is 12.2.